The van der Waals surface area contributed by atoms with Crippen molar-refractivity contribution in [2.75, 3.05) is 11.9 Å². The summed E-state index contributed by atoms with van der Waals surface area (Å²) < 4.78 is 5.79. The number of aromatic nitrogens is 1. The highest BCUT2D eigenvalue weighted by Crippen LogP contribution is 2.29. The second kappa shape index (κ2) is 8.50. The Kier molecular flexibility index (Phi) is 5.45. The summed E-state index contributed by atoms with van der Waals surface area (Å²) >= 11 is 1.58. The van der Waals surface area contributed by atoms with Gasteiger partial charge in [-0.05, 0) is 35.9 Å². The van der Waals surface area contributed by atoms with Crippen LogP contribution < -0.4 is 10.1 Å². The molecule has 0 spiro atoms. The summed E-state index contributed by atoms with van der Waals surface area (Å²) in [5.41, 5.74) is 3.77. The Balaban J connectivity index is 1.39. The molecule has 138 valence electrons. The van der Waals surface area contributed by atoms with Crippen LogP contribution in [-0.2, 0) is 4.79 Å². The van der Waals surface area contributed by atoms with Crippen LogP contribution in [0.5, 0.6) is 5.75 Å². The highest BCUT2D eigenvalue weighted by molar-refractivity contribution is 7.13. The Morgan fingerprint density at radius 3 is 2.39 bits per heavy atom. The quantitative estimate of drug-likeness (QED) is 0.476. The van der Waals surface area contributed by atoms with Gasteiger partial charge in [0.25, 0.3) is 5.91 Å². The lowest BCUT2D eigenvalue weighted by atomic mass is 10.1. The number of carbonyl (C=O) groups is 1. The molecule has 0 aliphatic carbocycles. The van der Waals surface area contributed by atoms with Crippen molar-refractivity contribution in [2.24, 2.45) is 0 Å². The summed E-state index contributed by atoms with van der Waals surface area (Å²) in [4.78, 5) is 16.6. The van der Waals surface area contributed by atoms with Gasteiger partial charge in [-0.3, -0.25) is 4.79 Å². The van der Waals surface area contributed by atoms with Crippen LogP contribution in [0.4, 0.5) is 5.69 Å². The standard InChI is InChI=1S/C23H18N2O2S/c26-22(25-19-12-10-18(11-13-19)23-24-14-15-28-23)16-27-21-9-5-4-8-20(21)17-6-2-1-3-7-17/h1-15H,16H2,(H,25,26). The highest BCUT2D eigenvalue weighted by Gasteiger charge is 2.09. The molecule has 0 radical (unpaired) electrons. The van der Waals surface area contributed by atoms with Gasteiger partial charge in [-0.2, -0.15) is 0 Å². The van der Waals surface area contributed by atoms with Crippen molar-refractivity contribution < 1.29 is 9.53 Å². The van der Waals surface area contributed by atoms with Gasteiger partial charge in [-0.1, -0.05) is 48.5 Å². The zero-order valence-electron chi connectivity index (χ0n) is 15.0. The second-order valence-electron chi connectivity index (χ2n) is 6.11. The van der Waals surface area contributed by atoms with Crippen LogP contribution >= 0.6 is 11.3 Å². The number of hydrogen-bond donors (Lipinski definition) is 1. The number of hydrogen-bond acceptors (Lipinski definition) is 4. The molecule has 0 saturated heterocycles. The van der Waals surface area contributed by atoms with E-state index in [2.05, 4.69) is 10.3 Å². The van der Waals surface area contributed by atoms with Gasteiger partial charge >= 0.3 is 0 Å². The molecule has 1 aromatic heterocycles. The lowest BCUT2D eigenvalue weighted by Gasteiger charge is -2.12. The minimum Gasteiger partial charge on any atom is -0.483 e. The van der Waals surface area contributed by atoms with Crippen molar-refractivity contribution in [1.82, 2.24) is 4.98 Å². The minimum atomic E-state index is -0.204. The van der Waals surface area contributed by atoms with Gasteiger partial charge in [-0.15, -0.1) is 11.3 Å². The zero-order chi connectivity index (χ0) is 19.2. The van der Waals surface area contributed by atoms with Gasteiger partial charge in [0.2, 0.25) is 0 Å². The number of rotatable bonds is 6. The molecule has 5 heteroatoms. The largest absolute Gasteiger partial charge is 0.483 e. The molecule has 3 aromatic carbocycles. The van der Waals surface area contributed by atoms with Crippen molar-refractivity contribution in [3.8, 4) is 27.4 Å². The van der Waals surface area contributed by atoms with Crippen LogP contribution in [0.15, 0.2) is 90.4 Å². The number of para-hydroxylation sites is 1. The molecule has 0 bridgehead atoms. The number of nitrogens with zero attached hydrogens (tertiary/aromatic N) is 1. The topological polar surface area (TPSA) is 51.2 Å². The first-order valence-electron chi connectivity index (χ1n) is 8.86. The summed E-state index contributed by atoms with van der Waals surface area (Å²) in [5, 5.41) is 5.76. The maximum atomic E-state index is 12.3. The summed E-state index contributed by atoms with van der Waals surface area (Å²) in [5.74, 6) is 0.479. The number of nitrogens with one attached hydrogen (secondary N) is 1. The first-order chi connectivity index (χ1) is 13.8. The molecule has 4 aromatic rings. The zero-order valence-corrected chi connectivity index (χ0v) is 15.9. The summed E-state index contributed by atoms with van der Waals surface area (Å²) in [6, 6.07) is 25.3. The number of carbonyl (C=O) groups excluding carboxylic acids is 1. The summed E-state index contributed by atoms with van der Waals surface area (Å²) in [6.45, 7) is -0.0575. The van der Waals surface area contributed by atoms with Crippen molar-refractivity contribution in [2.45, 2.75) is 0 Å². The minimum absolute atomic E-state index is 0.0575. The first kappa shape index (κ1) is 17.9. The average molecular weight is 386 g/mol. The normalized spacial score (nSPS) is 10.4. The molecule has 0 saturated carbocycles. The number of anilines is 1. The Morgan fingerprint density at radius 2 is 1.64 bits per heavy atom. The fourth-order valence-electron chi connectivity index (χ4n) is 2.85. The first-order valence-corrected chi connectivity index (χ1v) is 9.74. The molecular weight excluding hydrogens is 368 g/mol. The van der Waals surface area contributed by atoms with Crippen molar-refractivity contribution in [3.63, 3.8) is 0 Å². The van der Waals surface area contributed by atoms with E-state index in [9.17, 15) is 4.79 Å². The van der Waals surface area contributed by atoms with Gasteiger partial charge in [-0.25, -0.2) is 4.98 Å². The molecule has 0 unspecified atom stereocenters. The van der Waals surface area contributed by atoms with Crippen LogP contribution in [0.2, 0.25) is 0 Å². The molecule has 0 fully saturated rings. The van der Waals surface area contributed by atoms with E-state index in [0.717, 1.165) is 27.4 Å². The van der Waals surface area contributed by atoms with Crippen molar-refractivity contribution >= 4 is 22.9 Å². The van der Waals surface area contributed by atoms with Gasteiger partial charge in [0.15, 0.2) is 6.61 Å². The maximum Gasteiger partial charge on any atom is 0.262 e. The van der Waals surface area contributed by atoms with Crippen molar-refractivity contribution in [3.05, 3.63) is 90.4 Å². The third-order valence-electron chi connectivity index (χ3n) is 4.18. The van der Waals surface area contributed by atoms with Gasteiger partial charge in [0, 0.05) is 28.4 Å². The number of thiazole rings is 1. The molecule has 1 amide bonds. The van der Waals surface area contributed by atoms with Crippen LogP contribution in [0.3, 0.4) is 0 Å². The van der Waals surface area contributed by atoms with Crippen molar-refractivity contribution in [1.29, 1.82) is 0 Å². The predicted octanol–water partition coefficient (Wildman–Crippen LogP) is 5.49. The van der Waals surface area contributed by atoms with E-state index in [1.807, 2.05) is 84.2 Å². The third kappa shape index (κ3) is 4.27. The third-order valence-corrected chi connectivity index (χ3v) is 5.00. The molecule has 28 heavy (non-hydrogen) atoms. The van der Waals surface area contributed by atoms with E-state index < -0.39 is 0 Å². The Hall–Kier alpha value is -3.44. The predicted molar refractivity (Wildman–Crippen MR) is 114 cm³/mol. The summed E-state index contributed by atoms with van der Waals surface area (Å²) in [7, 11) is 0. The highest BCUT2D eigenvalue weighted by atomic mass is 32.1. The molecule has 4 rings (SSSR count). The molecule has 1 heterocycles. The fraction of sp³-hybridized carbons (Fsp3) is 0.0435. The van der Waals surface area contributed by atoms with E-state index in [0.29, 0.717) is 5.75 Å². The van der Waals surface area contributed by atoms with Gasteiger partial charge < -0.3 is 10.1 Å². The number of ether oxygens (including phenoxy) is 1. The second-order valence-corrected chi connectivity index (χ2v) is 7.01. The van der Waals surface area contributed by atoms with Crippen LogP contribution in [0.1, 0.15) is 0 Å². The smallest absolute Gasteiger partial charge is 0.262 e. The Labute approximate surface area is 167 Å². The molecular formula is C23H18N2O2S. The van der Waals surface area contributed by atoms with E-state index >= 15 is 0 Å². The van der Waals surface area contributed by atoms with Gasteiger partial charge in [0.05, 0.1) is 0 Å². The Bertz CT molecular complexity index is 1050. The average Bonchev–Trinajstić information content (AvgIpc) is 3.29. The Morgan fingerprint density at radius 1 is 0.893 bits per heavy atom. The summed E-state index contributed by atoms with van der Waals surface area (Å²) in [6.07, 6.45) is 1.78. The molecule has 0 atom stereocenters. The van der Waals surface area contributed by atoms with Gasteiger partial charge in [0.1, 0.15) is 10.8 Å². The molecule has 0 aliphatic rings. The van der Waals surface area contributed by atoms with Crippen LogP contribution in [-0.4, -0.2) is 17.5 Å². The lowest BCUT2D eigenvalue weighted by molar-refractivity contribution is -0.118. The van der Waals surface area contributed by atoms with E-state index in [1.165, 1.54) is 0 Å². The molecule has 0 aliphatic heterocycles. The molecule has 1 N–H and O–H groups in total. The monoisotopic (exact) mass is 386 g/mol. The maximum absolute atomic E-state index is 12.3. The van der Waals surface area contributed by atoms with E-state index in [1.54, 1.807) is 17.5 Å². The van der Waals surface area contributed by atoms with E-state index in [4.69, 9.17) is 4.74 Å². The van der Waals surface area contributed by atoms with Crippen LogP contribution in [0.25, 0.3) is 21.7 Å². The number of amides is 1. The molecule has 4 nitrogen and oxygen atoms in total. The fourth-order valence-corrected chi connectivity index (χ4v) is 3.50. The SMILES string of the molecule is O=C(COc1ccccc1-c1ccccc1)Nc1ccc(-c2nccs2)cc1. The van der Waals surface area contributed by atoms with Crippen LogP contribution in [0, 0.1) is 0 Å². The van der Waals surface area contributed by atoms with E-state index in [-0.39, 0.29) is 12.5 Å². The number of benzene rings is 3. The lowest BCUT2D eigenvalue weighted by Crippen LogP contribution is -2.20.